The van der Waals surface area contributed by atoms with Crippen LogP contribution >= 0.6 is 12.4 Å². The maximum absolute atomic E-state index is 12.6. The molecule has 0 spiro atoms. The van der Waals surface area contributed by atoms with Crippen LogP contribution in [0.1, 0.15) is 39.2 Å². The van der Waals surface area contributed by atoms with Gasteiger partial charge >= 0.3 is 0 Å². The summed E-state index contributed by atoms with van der Waals surface area (Å²) in [5.74, 6) is 0.0467. The van der Waals surface area contributed by atoms with E-state index >= 15 is 0 Å². The molecule has 25 heavy (non-hydrogen) atoms. The van der Waals surface area contributed by atoms with Crippen LogP contribution in [-0.2, 0) is 21.2 Å². The van der Waals surface area contributed by atoms with E-state index in [0.29, 0.717) is 43.8 Å². The van der Waals surface area contributed by atoms with Gasteiger partial charge in [-0.05, 0) is 43.5 Å². The molecule has 6 nitrogen and oxygen atoms in total. The first kappa shape index (κ1) is 21.9. The largest absolute Gasteiger partial charge is 0.328 e. The standard InChI is InChI=1S/C17H27N3O3S.ClH/c1-4-19(5-2)24(22,23)15-7-8-16-14(12-15)10-11-20(16)17(21)9-6-13(3)18;/h7-8,12-13H,4-6,9-11,18H2,1-3H3;1H. The van der Waals surface area contributed by atoms with Crippen molar-refractivity contribution in [3.63, 3.8) is 0 Å². The van der Waals surface area contributed by atoms with Crippen molar-refractivity contribution in [2.75, 3.05) is 24.5 Å². The molecule has 1 aromatic rings. The number of hydrogen-bond donors (Lipinski definition) is 1. The Morgan fingerprint density at radius 1 is 1.32 bits per heavy atom. The molecule has 142 valence electrons. The summed E-state index contributed by atoms with van der Waals surface area (Å²) in [6.07, 6.45) is 1.75. The maximum Gasteiger partial charge on any atom is 0.243 e. The predicted octanol–water partition coefficient (Wildman–Crippen LogP) is 2.16. The highest BCUT2D eigenvalue weighted by atomic mass is 35.5. The van der Waals surface area contributed by atoms with Crippen molar-refractivity contribution in [1.29, 1.82) is 0 Å². The summed E-state index contributed by atoms with van der Waals surface area (Å²) in [6.45, 7) is 7.02. The number of nitrogens with zero attached hydrogens (tertiary/aromatic N) is 2. The fraction of sp³-hybridized carbons (Fsp3) is 0.588. The Kier molecular flexibility index (Phi) is 7.87. The lowest BCUT2D eigenvalue weighted by atomic mass is 10.1. The zero-order chi connectivity index (χ0) is 17.9. The van der Waals surface area contributed by atoms with E-state index in [1.54, 1.807) is 23.1 Å². The van der Waals surface area contributed by atoms with Gasteiger partial charge in [-0.3, -0.25) is 4.79 Å². The summed E-state index contributed by atoms with van der Waals surface area (Å²) in [6, 6.07) is 5.06. The molecule has 0 saturated carbocycles. The molecule has 1 aliphatic heterocycles. The molecule has 1 unspecified atom stereocenters. The smallest absolute Gasteiger partial charge is 0.243 e. The normalized spacial score (nSPS) is 15.0. The SMILES string of the molecule is CCN(CC)S(=O)(=O)c1ccc2c(c1)CCN2C(=O)CCC(C)N.Cl. The van der Waals surface area contributed by atoms with Gasteiger partial charge in [0.1, 0.15) is 0 Å². The second kappa shape index (κ2) is 8.98. The van der Waals surface area contributed by atoms with Crippen molar-refractivity contribution in [3.8, 4) is 0 Å². The fourth-order valence-electron chi connectivity index (χ4n) is 3.00. The van der Waals surface area contributed by atoms with E-state index in [0.717, 1.165) is 11.3 Å². The lowest BCUT2D eigenvalue weighted by Gasteiger charge is -2.20. The van der Waals surface area contributed by atoms with Gasteiger partial charge in [0, 0.05) is 37.8 Å². The number of fused-ring (bicyclic) bond motifs is 1. The van der Waals surface area contributed by atoms with Crippen LogP contribution in [0.25, 0.3) is 0 Å². The molecule has 1 amide bonds. The predicted molar refractivity (Wildman–Crippen MR) is 103 cm³/mol. The lowest BCUT2D eigenvalue weighted by molar-refractivity contribution is -0.118. The Morgan fingerprint density at radius 3 is 2.52 bits per heavy atom. The molecular weight excluding hydrogens is 362 g/mol. The maximum atomic E-state index is 12.6. The summed E-state index contributed by atoms with van der Waals surface area (Å²) in [7, 11) is -3.47. The molecule has 8 heteroatoms. The summed E-state index contributed by atoms with van der Waals surface area (Å²) in [4.78, 5) is 14.4. The quantitative estimate of drug-likeness (QED) is 0.774. The third-order valence-corrected chi connectivity index (χ3v) is 6.45. The number of nitrogens with two attached hydrogens (primary N) is 1. The van der Waals surface area contributed by atoms with Gasteiger partial charge in [-0.25, -0.2) is 8.42 Å². The fourth-order valence-corrected chi connectivity index (χ4v) is 4.51. The molecule has 1 atom stereocenters. The third kappa shape index (κ3) is 4.73. The molecule has 0 bridgehead atoms. The van der Waals surface area contributed by atoms with Gasteiger partial charge in [0.2, 0.25) is 15.9 Å². The van der Waals surface area contributed by atoms with E-state index in [2.05, 4.69) is 0 Å². The van der Waals surface area contributed by atoms with Crippen molar-refractivity contribution in [3.05, 3.63) is 23.8 Å². The first-order valence-corrected chi connectivity index (χ1v) is 9.94. The minimum absolute atomic E-state index is 0. The Labute approximate surface area is 156 Å². The number of carbonyl (C=O) groups is 1. The van der Waals surface area contributed by atoms with Crippen molar-refractivity contribution >= 4 is 34.0 Å². The van der Waals surface area contributed by atoms with Gasteiger partial charge in [-0.1, -0.05) is 13.8 Å². The van der Waals surface area contributed by atoms with Crippen LogP contribution in [0.2, 0.25) is 0 Å². The minimum atomic E-state index is -3.47. The number of benzene rings is 1. The monoisotopic (exact) mass is 389 g/mol. The van der Waals surface area contributed by atoms with Gasteiger partial charge in [0.05, 0.1) is 4.90 Å². The summed E-state index contributed by atoms with van der Waals surface area (Å²) >= 11 is 0. The van der Waals surface area contributed by atoms with Crippen LogP contribution in [0.4, 0.5) is 5.69 Å². The zero-order valence-corrected chi connectivity index (χ0v) is 16.7. The molecule has 1 aliphatic rings. The van der Waals surface area contributed by atoms with Crippen molar-refractivity contribution < 1.29 is 13.2 Å². The molecule has 0 saturated heterocycles. The van der Waals surface area contributed by atoms with Crippen LogP contribution in [0, 0.1) is 0 Å². The number of anilines is 1. The number of sulfonamides is 1. The van der Waals surface area contributed by atoms with Crippen LogP contribution in [0.3, 0.4) is 0 Å². The van der Waals surface area contributed by atoms with Gasteiger partial charge < -0.3 is 10.6 Å². The second-order valence-electron chi connectivity index (χ2n) is 6.19. The lowest BCUT2D eigenvalue weighted by Crippen LogP contribution is -2.31. The van der Waals surface area contributed by atoms with Gasteiger partial charge in [0.25, 0.3) is 0 Å². The molecule has 0 aromatic heterocycles. The van der Waals surface area contributed by atoms with E-state index < -0.39 is 10.0 Å². The van der Waals surface area contributed by atoms with Crippen LogP contribution < -0.4 is 10.6 Å². The third-order valence-electron chi connectivity index (χ3n) is 4.40. The Morgan fingerprint density at radius 2 is 1.96 bits per heavy atom. The highest BCUT2D eigenvalue weighted by Gasteiger charge is 2.28. The molecular formula is C17H28ClN3O3S. The summed E-state index contributed by atoms with van der Waals surface area (Å²) in [5.41, 5.74) is 7.45. The van der Waals surface area contributed by atoms with Gasteiger partial charge in [-0.2, -0.15) is 4.31 Å². The number of carbonyl (C=O) groups excluding carboxylic acids is 1. The summed E-state index contributed by atoms with van der Waals surface area (Å²) < 4.78 is 26.7. The first-order chi connectivity index (χ1) is 11.3. The van der Waals surface area contributed by atoms with Crippen LogP contribution in [-0.4, -0.2) is 44.3 Å². The number of rotatable bonds is 7. The van der Waals surface area contributed by atoms with E-state index in [9.17, 15) is 13.2 Å². The number of amides is 1. The highest BCUT2D eigenvalue weighted by molar-refractivity contribution is 7.89. The highest BCUT2D eigenvalue weighted by Crippen LogP contribution is 2.31. The minimum Gasteiger partial charge on any atom is -0.328 e. The number of hydrogen-bond acceptors (Lipinski definition) is 4. The van der Waals surface area contributed by atoms with Crippen LogP contribution in [0.5, 0.6) is 0 Å². The zero-order valence-electron chi connectivity index (χ0n) is 15.1. The molecule has 1 aromatic carbocycles. The summed E-state index contributed by atoms with van der Waals surface area (Å²) in [5, 5.41) is 0. The Bertz CT molecular complexity index is 703. The topological polar surface area (TPSA) is 83.7 Å². The van der Waals surface area contributed by atoms with E-state index in [1.165, 1.54) is 4.31 Å². The van der Waals surface area contributed by atoms with Crippen molar-refractivity contribution in [1.82, 2.24) is 4.31 Å². The Balaban J connectivity index is 0.00000312. The average molecular weight is 390 g/mol. The molecule has 1 heterocycles. The Hall–Kier alpha value is -1.15. The molecule has 2 rings (SSSR count). The van der Waals surface area contributed by atoms with Crippen molar-refractivity contribution in [2.24, 2.45) is 5.73 Å². The van der Waals surface area contributed by atoms with E-state index in [-0.39, 0.29) is 24.4 Å². The van der Waals surface area contributed by atoms with Crippen molar-refractivity contribution in [2.45, 2.75) is 51.0 Å². The van der Waals surface area contributed by atoms with Crippen LogP contribution in [0.15, 0.2) is 23.1 Å². The second-order valence-corrected chi connectivity index (χ2v) is 8.13. The molecule has 0 aliphatic carbocycles. The van der Waals surface area contributed by atoms with E-state index in [1.807, 2.05) is 20.8 Å². The average Bonchev–Trinajstić information content (AvgIpc) is 2.96. The first-order valence-electron chi connectivity index (χ1n) is 8.50. The van der Waals surface area contributed by atoms with Gasteiger partial charge in [-0.15, -0.1) is 12.4 Å². The molecule has 0 radical (unpaired) electrons. The number of halogens is 1. The molecule has 0 fully saturated rings. The molecule has 2 N–H and O–H groups in total. The van der Waals surface area contributed by atoms with Gasteiger partial charge in [0.15, 0.2) is 0 Å². The van der Waals surface area contributed by atoms with E-state index in [4.69, 9.17) is 5.73 Å².